The van der Waals surface area contributed by atoms with Crippen LogP contribution in [0.25, 0.3) is 0 Å². The molecule has 0 aliphatic carbocycles. The van der Waals surface area contributed by atoms with Crippen molar-refractivity contribution in [3.05, 3.63) is 35.9 Å². The Labute approximate surface area is 227 Å². The first-order valence-corrected chi connectivity index (χ1v) is 12.6. The Morgan fingerprint density at radius 1 is 1.00 bits per heavy atom. The van der Waals surface area contributed by atoms with Gasteiger partial charge in [0.1, 0.15) is 18.1 Å². The number of carbonyl (C=O) groups excluding carboxylic acids is 4. The maximum Gasteiger partial charge on any atom is 0.321 e. The zero-order valence-corrected chi connectivity index (χ0v) is 22.2. The molecule has 0 heterocycles. The second-order valence-corrected chi connectivity index (χ2v) is 9.45. The molecule has 0 aromatic heterocycles. The molecule has 4 atom stereocenters. The zero-order valence-electron chi connectivity index (χ0n) is 21.3. The Morgan fingerprint density at radius 2 is 1.63 bits per heavy atom. The van der Waals surface area contributed by atoms with Gasteiger partial charge in [0.25, 0.3) is 0 Å². The van der Waals surface area contributed by atoms with E-state index in [4.69, 9.17) is 16.6 Å². The monoisotopic (exact) mass is 554 g/mol. The molecule has 0 radical (unpaired) electrons. The number of hydrogen-bond donors (Lipinski definition) is 8. The Kier molecular flexibility index (Phi) is 15.0. The molecule has 1 aromatic carbocycles. The minimum atomic E-state index is -1.30. The van der Waals surface area contributed by atoms with Gasteiger partial charge in [-0.1, -0.05) is 43.1 Å². The maximum atomic E-state index is 12.7. The number of likely N-dealkylation sites (N-methyl/N-ethyl adjacent to an activating group) is 1. The molecule has 4 unspecified atom stereocenters. The number of aliphatic carboxylic acids is 1. The van der Waals surface area contributed by atoms with Crippen molar-refractivity contribution in [2.45, 2.75) is 62.7 Å². The first kappa shape index (κ1) is 32.8. The quantitative estimate of drug-likeness (QED) is 0.0765. The summed E-state index contributed by atoms with van der Waals surface area (Å²) in [6, 6.07) is 4.75. The van der Waals surface area contributed by atoms with Crippen molar-refractivity contribution in [3.8, 4) is 0 Å². The van der Waals surface area contributed by atoms with Gasteiger partial charge >= 0.3 is 5.97 Å². The number of carboxylic acid groups (broad SMARTS) is 1. The number of rotatable bonds is 18. The maximum absolute atomic E-state index is 12.7. The summed E-state index contributed by atoms with van der Waals surface area (Å²) in [4.78, 5) is 59.9. The van der Waals surface area contributed by atoms with Gasteiger partial charge in [-0.05, 0) is 38.3 Å². The summed E-state index contributed by atoms with van der Waals surface area (Å²) in [6.45, 7) is -0.355. The first-order valence-electron chi connectivity index (χ1n) is 12.2. The van der Waals surface area contributed by atoms with Crippen LogP contribution in [0.2, 0.25) is 0 Å². The van der Waals surface area contributed by atoms with Crippen LogP contribution >= 0.6 is 12.8 Å². The summed E-state index contributed by atoms with van der Waals surface area (Å²) in [5.41, 5.74) is 11.9. The smallest absolute Gasteiger partial charge is 0.321 e. The zero-order chi connectivity index (χ0) is 28.7. The molecule has 212 valence electrons. The van der Waals surface area contributed by atoms with E-state index >= 15 is 0 Å². The molecule has 13 nitrogen and oxygen atoms in total. The molecule has 1 aromatic rings. The third kappa shape index (κ3) is 12.4. The van der Waals surface area contributed by atoms with Crippen molar-refractivity contribution in [3.63, 3.8) is 0 Å². The van der Waals surface area contributed by atoms with Gasteiger partial charge in [0.05, 0.1) is 12.6 Å². The molecule has 0 bridgehead atoms. The lowest BCUT2D eigenvalue weighted by molar-refractivity contribution is -0.141. The van der Waals surface area contributed by atoms with Gasteiger partial charge in [-0.2, -0.15) is 0 Å². The SMILES string of the molecule is CN(S)C(CCC(=O)NCCCCC(N)C(=O)NC(Cc1ccccc1)C(=O)NC(CO)C(N)=O)C(=O)O. The van der Waals surface area contributed by atoms with Crippen molar-refractivity contribution < 1.29 is 34.2 Å². The first-order chi connectivity index (χ1) is 18.0. The summed E-state index contributed by atoms with van der Waals surface area (Å²) in [7, 11) is 1.50. The number of unbranched alkanes of at least 4 members (excludes halogenated alkanes) is 1. The number of nitrogens with two attached hydrogens (primary N) is 2. The molecule has 38 heavy (non-hydrogen) atoms. The van der Waals surface area contributed by atoms with Crippen LogP contribution in [0, 0.1) is 0 Å². The van der Waals surface area contributed by atoms with E-state index in [1.165, 1.54) is 11.4 Å². The average Bonchev–Trinajstić information content (AvgIpc) is 2.86. The van der Waals surface area contributed by atoms with Gasteiger partial charge in [0, 0.05) is 19.4 Å². The van der Waals surface area contributed by atoms with Crippen LogP contribution < -0.4 is 27.4 Å². The van der Waals surface area contributed by atoms with E-state index in [0.29, 0.717) is 19.4 Å². The van der Waals surface area contributed by atoms with Crippen molar-refractivity contribution >= 4 is 42.4 Å². The predicted octanol–water partition coefficient (Wildman–Crippen LogP) is -1.70. The molecule has 0 saturated carbocycles. The summed E-state index contributed by atoms with van der Waals surface area (Å²) in [6.07, 6.45) is 1.60. The van der Waals surface area contributed by atoms with Crippen molar-refractivity contribution in [2.24, 2.45) is 11.5 Å². The highest BCUT2D eigenvalue weighted by molar-refractivity contribution is 7.77. The van der Waals surface area contributed by atoms with E-state index in [-0.39, 0.29) is 31.6 Å². The van der Waals surface area contributed by atoms with E-state index in [2.05, 4.69) is 28.8 Å². The average molecular weight is 555 g/mol. The summed E-state index contributed by atoms with van der Waals surface area (Å²) in [5.74, 6) is -3.53. The number of primary amides is 1. The topological polar surface area (TPSA) is 217 Å². The van der Waals surface area contributed by atoms with Crippen LogP contribution in [0.15, 0.2) is 30.3 Å². The predicted molar refractivity (Wildman–Crippen MR) is 143 cm³/mol. The van der Waals surface area contributed by atoms with Crippen LogP contribution in [0.3, 0.4) is 0 Å². The Hall–Kier alpha value is -3.20. The second kappa shape index (κ2) is 17.3. The van der Waals surface area contributed by atoms with Gasteiger partial charge in [-0.15, -0.1) is 0 Å². The molecule has 14 heteroatoms. The second-order valence-electron chi connectivity index (χ2n) is 8.82. The highest BCUT2D eigenvalue weighted by atomic mass is 32.1. The highest BCUT2D eigenvalue weighted by Crippen LogP contribution is 2.08. The number of nitrogens with zero attached hydrogens (tertiary/aromatic N) is 1. The summed E-state index contributed by atoms with van der Waals surface area (Å²) >= 11 is 3.98. The molecule has 0 saturated heterocycles. The van der Waals surface area contributed by atoms with E-state index in [1.807, 2.05) is 0 Å². The molecular weight excluding hydrogens is 516 g/mol. The molecule has 0 fully saturated rings. The van der Waals surface area contributed by atoms with E-state index in [1.54, 1.807) is 30.3 Å². The lowest BCUT2D eigenvalue weighted by Crippen LogP contribution is -2.56. The van der Waals surface area contributed by atoms with Crippen molar-refractivity contribution in [2.75, 3.05) is 20.2 Å². The van der Waals surface area contributed by atoms with Crippen LogP contribution in [-0.4, -0.2) is 88.5 Å². The number of benzene rings is 1. The molecule has 1 rings (SSSR count). The number of carbonyl (C=O) groups is 5. The highest BCUT2D eigenvalue weighted by Gasteiger charge is 2.27. The van der Waals surface area contributed by atoms with Crippen molar-refractivity contribution in [1.82, 2.24) is 20.3 Å². The van der Waals surface area contributed by atoms with E-state index < -0.39 is 54.5 Å². The number of nitrogens with one attached hydrogen (secondary N) is 3. The van der Waals surface area contributed by atoms with Gasteiger partial charge in [-0.3, -0.25) is 24.0 Å². The number of aliphatic hydroxyl groups excluding tert-OH is 1. The molecule has 0 spiro atoms. The third-order valence-corrected chi connectivity index (χ3v) is 6.02. The third-order valence-electron chi connectivity index (χ3n) is 5.74. The molecular formula is C24H38N6O7S. The fraction of sp³-hybridized carbons (Fsp3) is 0.542. The molecule has 4 amide bonds. The fourth-order valence-corrected chi connectivity index (χ4v) is 3.71. The van der Waals surface area contributed by atoms with Crippen LogP contribution in [-0.2, 0) is 30.4 Å². The minimum Gasteiger partial charge on any atom is -0.480 e. The van der Waals surface area contributed by atoms with Gasteiger partial charge in [0.2, 0.25) is 23.6 Å². The number of aliphatic hydroxyl groups is 1. The number of thiol groups is 1. The summed E-state index contributed by atoms with van der Waals surface area (Å²) in [5, 5.41) is 26.0. The van der Waals surface area contributed by atoms with Crippen molar-refractivity contribution in [1.29, 1.82) is 0 Å². The summed E-state index contributed by atoms with van der Waals surface area (Å²) < 4.78 is 1.23. The normalized spacial score (nSPS) is 14.1. The van der Waals surface area contributed by atoms with Gasteiger partial charge < -0.3 is 37.6 Å². The van der Waals surface area contributed by atoms with E-state index in [9.17, 15) is 29.1 Å². The largest absolute Gasteiger partial charge is 0.480 e. The minimum absolute atomic E-state index is 0.0293. The number of carboxylic acids is 1. The lowest BCUT2D eigenvalue weighted by atomic mass is 10.0. The Morgan fingerprint density at radius 3 is 2.18 bits per heavy atom. The fourth-order valence-electron chi connectivity index (χ4n) is 3.49. The Balaban J connectivity index is 2.54. The molecule has 9 N–H and O–H groups in total. The van der Waals surface area contributed by atoms with Crippen LogP contribution in [0.1, 0.15) is 37.7 Å². The van der Waals surface area contributed by atoms with Gasteiger partial charge in [-0.25, -0.2) is 4.31 Å². The van der Waals surface area contributed by atoms with Gasteiger partial charge in [0.15, 0.2) is 0 Å². The standard InChI is InChI=1S/C24H38N6O7S/c1-30(38)19(24(36)37)10-11-20(32)27-12-6-5-9-16(25)22(34)28-17(13-15-7-3-2-4-8-15)23(35)29-18(14-31)21(26)33/h2-4,7-8,16-19,31,38H,5-6,9-14,25H2,1H3,(H2,26,33)(H,27,32)(H,28,34)(H,29,35)(H,36,37). The van der Waals surface area contributed by atoms with Crippen LogP contribution in [0.5, 0.6) is 0 Å². The molecule has 0 aliphatic rings. The van der Waals surface area contributed by atoms with E-state index in [0.717, 1.165) is 5.56 Å². The molecule has 0 aliphatic heterocycles. The van der Waals surface area contributed by atoms with Crippen LogP contribution in [0.4, 0.5) is 0 Å². The Bertz CT molecular complexity index is 934. The number of amides is 4. The number of hydrogen-bond acceptors (Lipinski definition) is 9. The lowest BCUT2D eigenvalue weighted by Gasteiger charge is -2.23.